The summed E-state index contributed by atoms with van der Waals surface area (Å²) in [6, 6.07) is 5.76. The molecule has 4 heteroatoms. The van der Waals surface area contributed by atoms with Crippen LogP contribution in [0.3, 0.4) is 0 Å². The molecule has 0 fully saturated rings. The number of aliphatic hydroxyl groups excluding tert-OH is 1. The summed E-state index contributed by atoms with van der Waals surface area (Å²) < 4.78 is 5.78. The van der Waals surface area contributed by atoms with Crippen molar-refractivity contribution >= 4 is 11.3 Å². The first-order chi connectivity index (χ1) is 9.10. The maximum atomic E-state index is 9.53. The number of thiazole rings is 1. The molecule has 102 valence electrons. The Labute approximate surface area is 117 Å². The molecule has 0 unspecified atom stereocenters. The molecule has 1 aromatic heterocycles. The third kappa shape index (κ3) is 3.55. The molecule has 1 aromatic carbocycles. The van der Waals surface area contributed by atoms with Gasteiger partial charge in [0.1, 0.15) is 12.4 Å². The quantitative estimate of drug-likeness (QED) is 0.907. The highest BCUT2D eigenvalue weighted by molar-refractivity contribution is 7.09. The number of ether oxygens (including phenoxy) is 1. The number of nitrogens with zero attached hydrogens (tertiary/aromatic N) is 1. The fraction of sp³-hybridized carbons (Fsp3) is 0.400. The molecule has 1 N–H and O–H groups in total. The van der Waals surface area contributed by atoms with Crippen molar-refractivity contribution in [2.75, 3.05) is 0 Å². The van der Waals surface area contributed by atoms with Crippen LogP contribution in [0.2, 0.25) is 0 Å². The number of benzene rings is 1. The molecule has 2 aromatic rings. The fourth-order valence-electron chi connectivity index (χ4n) is 1.82. The van der Waals surface area contributed by atoms with Crippen molar-refractivity contribution in [3.63, 3.8) is 0 Å². The third-order valence-electron chi connectivity index (χ3n) is 2.96. The molecule has 0 saturated carbocycles. The van der Waals surface area contributed by atoms with Gasteiger partial charge in [-0.25, -0.2) is 4.98 Å². The van der Waals surface area contributed by atoms with Gasteiger partial charge in [0.2, 0.25) is 0 Å². The molecule has 0 bridgehead atoms. The van der Waals surface area contributed by atoms with Crippen LogP contribution in [-0.2, 0) is 13.0 Å². The van der Waals surface area contributed by atoms with E-state index in [1.54, 1.807) is 18.3 Å². The Balaban J connectivity index is 2.03. The van der Waals surface area contributed by atoms with E-state index in [9.17, 15) is 5.11 Å². The Bertz CT molecular complexity index is 549. The minimum Gasteiger partial charge on any atom is -0.487 e. The first-order valence-corrected chi connectivity index (χ1v) is 7.32. The molecule has 0 radical (unpaired) electrons. The summed E-state index contributed by atoms with van der Waals surface area (Å²) in [5, 5.41) is 12.7. The maximum absolute atomic E-state index is 9.53. The standard InChI is InChI=1S/C15H19NO2S/c1-4-15-16-13(9-19-15)8-18-14-6-5-12(11(3)17)7-10(14)2/h5-7,9,11,17H,4,8H2,1-3H3/t11-/m0/s1. The second kappa shape index (κ2) is 6.17. The van der Waals surface area contributed by atoms with Gasteiger partial charge in [-0.05, 0) is 43.5 Å². The van der Waals surface area contributed by atoms with Crippen molar-refractivity contribution in [2.24, 2.45) is 0 Å². The maximum Gasteiger partial charge on any atom is 0.131 e. The van der Waals surface area contributed by atoms with Crippen LogP contribution < -0.4 is 4.74 Å². The number of hydrogen-bond donors (Lipinski definition) is 1. The van der Waals surface area contributed by atoms with Crippen LogP contribution in [-0.4, -0.2) is 10.1 Å². The molecule has 3 nitrogen and oxygen atoms in total. The molecule has 0 spiro atoms. The molecule has 1 atom stereocenters. The molecule has 2 rings (SSSR count). The van der Waals surface area contributed by atoms with E-state index in [2.05, 4.69) is 11.9 Å². The van der Waals surface area contributed by atoms with E-state index < -0.39 is 6.10 Å². The van der Waals surface area contributed by atoms with Crippen molar-refractivity contribution in [3.05, 3.63) is 45.4 Å². The largest absolute Gasteiger partial charge is 0.487 e. The van der Waals surface area contributed by atoms with E-state index in [0.29, 0.717) is 6.61 Å². The summed E-state index contributed by atoms with van der Waals surface area (Å²) >= 11 is 1.67. The van der Waals surface area contributed by atoms with Crippen LogP contribution in [0.25, 0.3) is 0 Å². The van der Waals surface area contributed by atoms with Gasteiger partial charge in [-0.3, -0.25) is 0 Å². The van der Waals surface area contributed by atoms with E-state index in [4.69, 9.17) is 4.74 Å². The van der Waals surface area contributed by atoms with Gasteiger partial charge in [0.25, 0.3) is 0 Å². The van der Waals surface area contributed by atoms with Gasteiger partial charge < -0.3 is 9.84 Å². The van der Waals surface area contributed by atoms with E-state index in [1.165, 1.54) is 0 Å². The van der Waals surface area contributed by atoms with E-state index in [-0.39, 0.29) is 0 Å². The van der Waals surface area contributed by atoms with Crippen LogP contribution in [0.15, 0.2) is 23.6 Å². The van der Waals surface area contributed by atoms with Crippen LogP contribution in [0, 0.1) is 6.92 Å². The monoisotopic (exact) mass is 277 g/mol. The zero-order valence-corrected chi connectivity index (χ0v) is 12.3. The Hall–Kier alpha value is -1.39. The Morgan fingerprint density at radius 2 is 2.21 bits per heavy atom. The minimum atomic E-state index is -0.446. The summed E-state index contributed by atoms with van der Waals surface area (Å²) in [6.07, 6.45) is 0.519. The fourth-order valence-corrected chi connectivity index (χ4v) is 2.55. The van der Waals surface area contributed by atoms with E-state index in [1.807, 2.05) is 30.5 Å². The van der Waals surface area contributed by atoms with Crippen molar-refractivity contribution in [3.8, 4) is 5.75 Å². The van der Waals surface area contributed by atoms with Gasteiger partial charge in [0.05, 0.1) is 16.8 Å². The van der Waals surface area contributed by atoms with Crippen LogP contribution in [0.4, 0.5) is 0 Å². The number of rotatable bonds is 5. The molecule has 19 heavy (non-hydrogen) atoms. The number of hydrogen-bond acceptors (Lipinski definition) is 4. The highest BCUT2D eigenvalue weighted by Gasteiger charge is 2.06. The Morgan fingerprint density at radius 1 is 1.42 bits per heavy atom. The summed E-state index contributed by atoms with van der Waals surface area (Å²) in [6.45, 7) is 6.34. The summed E-state index contributed by atoms with van der Waals surface area (Å²) in [5.41, 5.74) is 2.91. The zero-order valence-electron chi connectivity index (χ0n) is 11.5. The predicted octanol–water partition coefficient (Wildman–Crippen LogP) is 3.65. The van der Waals surface area contributed by atoms with Crippen LogP contribution >= 0.6 is 11.3 Å². The molecule has 0 aliphatic heterocycles. The van der Waals surface area contributed by atoms with Crippen molar-refractivity contribution < 1.29 is 9.84 Å². The number of aromatic nitrogens is 1. The number of aryl methyl sites for hydroxylation is 2. The van der Waals surface area contributed by atoms with E-state index in [0.717, 1.165) is 34.0 Å². The summed E-state index contributed by atoms with van der Waals surface area (Å²) in [5.74, 6) is 0.843. The minimum absolute atomic E-state index is 0.446. The lowest BCUT2D eigenvalue weighted by Gasteiger charge is -2.11. The lowest BCUT2D eigenvalue weighted by molar-refractivity contribution is 0.199. The average Bonchev–Trinajstić information content (AvgIpc) is 2.85. The van der Waals surface area contributed by atoms with Gasteiger partial charge in [0.15, 0.2) is 0 Å². The lowest BCUT2D eigenvalue weighted by Crippen LogP contribution is -1.99. The van der Waals surface area contributed by atoms with Gasteiger partial charge in [-0.2, -0.15) is 0 Å². The van der Waals surface area contributed by atoms with Gasteiger partial charge in [-0.15, -0.1) is 11.3 Å². The van der Waals surface area contributed by atoms with Crippen molar-refractivity contribution in [1.82, 2.24) is 4.98 Å². The molecule has 0 amide bonds. The predicted molar refractivity (Wildman–Crippen MR) is 77.6 cm³/mol. The third-order valence-corrected chi connectivity index (χ3v) is 4.00. The van der Waals surface area contributed by atoms with Gasteiger partial charge in [-0.1, -0.05) is 13.0 Å². The SMILES string of the molecule is CCc1nc(COc2ccc([C@H](C)O)cc2C)cs1. The molecular weight excluding hydrogens is 258 g/mol. The van der Waals surface area contributed by atoms with Gasteiger partial charge >= 0.3 is 0 Å². The second-order valence-corrected chi connectivity index (χ2v) is 5.52. The van der Waals surface area contributed by atoms with Crippen molar-refractivity contribution in [2.45, 2.75) is 39.9 Å². The average molecular weight is 277 g/mol. The second-order valence-electron chi connectivity index (χ2n) is 4.58. The highest BCUT2D eigenvalue weighted by Crippen LogP contribution is 2.23. The lowest BCUT2D eigenvalue weighted by atomic mass is 10.1. The molecule has 0 saturated heterocycles. The summed E-state index contributed by atoms with van der Waals surface area (Å²) in [7, 11) is 0. The molecule has 0 aliphatic carbocycles. The molecule has 1 heterocycles. The first-order valence-electron chi connectivity index (χ1n) is 6.44. The zero-order chi connectivity index (χ0) is 13.8. The topological polar surface area (TPSA) is 42.4 Å². The summed E-state index contributed by atoms with van der Waals surface area (Å²) in [4.78, 5) is 4.47. The molecular formula is C15H19NO2S. The highest BCUT2D eigenvalue weighted by atomic mass is 32.1. The van der Waals surface area contributed by atoms with Crippen LogP contribution in [0.5, 0.6) is 5.75 Å². The first kappa shape index (κ1) is 14.0. The van der Waals surface area contributed by atoms with E-state index >= 15 is 0 Å². The Kier molecular flexibility index (Phi) is 4.56. The van der Waals surface area contributed by atoms with Gasteiger partial charge in [0, 0.05) is 5.38 Å². The van der Waals surface area contributed by atoms with Crippen LogP contribution in [0.1, 0.15) is 41.8 Å². The Morgan fingerprint density at radius 3 is 2.79 bits per heavy atom. The normalized spacial score (nSPS) is 12.4. The van der Waals surface area contributed by atoms with Crippen molar-refractivity contribution in [1.29, 1.82) is 0 Å². The molecule has 0 aliphatic rings. The smallest absolute Gasteiger partial charge is 0.131 e. The number of aliphatic hydroxyl groups is 1.